The van der Waals surface area contributed by atoms with Gasteiger partial charge in [0.25, 0.3) is 0 Å². The van der Waals surface area contributed by atoms with Crippen molar-refractivity contribution in [3.8, 4) is 0 Å². The van der Waals surface area contributed by atoms with Gasteiger partial charge in [-0.2, -0.15) is 0 Å². The normalized spacial score (nSPS) is 23.0. The first-order valence-corrected chi connectivity index (χ1v) is 8.40. The lowest BCUT2D eigenvalue weighted by Gasteiger charge is -2.19. The summed E-state index contributed by atoms with van der Waals surface area (Å²) in [6, 6.07) is 6.36. The van der Waals surface area contributed by atoms with E-state index in [1.165, 1.54) is 12.1 Å². The van der Waals surface area contributed by atoms with E-state index in [1.807, 2.05) is 0 Å². The smallest absolute Gasteiger partial charge is 0.230 e. The molecule has 1 atom stereocenters. The van der Waals surface area contributed by atoms with Gasteiger partial charge >= 0.3 is 0 Å². The van der Waals surface area contributed by atoms with Gasteiger partial charge in [-0.25, -0.2) is 4.39 Å². The van der Waals surface area contributed by atoms with E-state index in [9.17, 15) is 9.18 Å². The molecular weight excluding hydrogens is 295 g/mol. The standard InChI is InChI=1S/C18H25FN2O2/c1-23-11-10-21-9-6-14(13-21)12-20-17(22)18(7-8-18)15-2-4-16(19)5-3-15/h2-5,14H,6-13H2,1H3,(H,20,22). The van der Waals surface area contributed by atoms with E-state index < -0.39 is 5.41 Å². The summed E-state index contributed by atoms with van der Waals surface area (Å²) < 4.78 is 18.2. The van der Waals surface area contributed by atoms with Gasteiger partial charge in [-0.05, 0) is 49.4 Å². The quantitative estimate of drug-likeness (QED) is 0.835. The summed E-state index contributed by atoms with van der Waals surface area (Å²) >= 11 is 0. The lowest BCUT2D eigenvalue weighted by atomic mass is 9.94. The second-order valence-electron chi connectivity index (χ2n) is 6.75. The molecule has 5 heteroatoms. The highest BCUT2D eigenvalue weighted by Gasteiger charge is 2.51. The van der Waals surface area contributed by atoms with Crippen LogP contribution in [0.4, 0.5) is 4.39 Å². The Bertz CT molecular complexity index is 542. The summed E-state index contributed by atoms with van der Waals surface area (Å²) in [7, 11) is 1.72. The molecule has 4 nitrogen and oxygen atoms in total. The van der Waals surface area contributed by atoms with Crippen LogP contribution in [0.3, 0.4) is 0 Å². The summed E-state index contributed by atoms with van der Waals surface area (Å²) in [5, 5.41) is 3.13. The number of carbonyl (C=O) groups excluding carboxylic acids is 1. The number of benzene rings is 1. The molecule has 3 rings (SSSR count). The van der Waals surface area contributed by atoms with Crippen molar-refractivity contribution in [2.24, 2.45) is 5.92 Å². The summed E-state index contributed by atoms with van der Waals surface area (Å²) in [6.07, 6.45) is 2.83. The Balaban J connectivity index is 1.49. The van der Waals surface area contributed by atoms with E-state index in [0.717, 1.165) is 57.6 Å². The van der Waals surface area contributed by atoms with Crippen molar-refractivity contribution in [3.63, 3.8) is 0 Å². The van der Waals surface area contributed by atoms with Crippen LogP contribution in [0.5, 0.6) is 0 Å². The zero-order valence-corrected chi connectivity index (χ0v) is 13.7. The first-order chi connectivity index (χ1) is 11.1. The number of likely N-dealkylation sites (tertiary alicyclic amines) is 1. The van der Waals surface area contributed by atoms with Crippen LogP contribution in [0.25, 0.3) is 0 Å². The number of methoxy groups -OCH3 is 1. The molecule has 126 valence electrons. The van der Waals surface area contributed by atoms with Gasteiger partial charge in [0.05, 0.1) is 12.0 Å². The first-order valence-electron chi connectivity index (χ1n) is 8.40. The first kappa shape index (κ1) is 16.4. The summed E-state index contributed by atoms with van der Waals surface area (Å²) in [4.78, 5) is 15.0. The van der Waals surface area contributed by atoms with Crippen LogP contribution < -0.4 is 5.32 Å². The molecule has 1 aliphatic heterocycles. The van der Waals surface area contributed by atoms with Crippen LogP contribution >= 0.6 is 0 Å². The van der Waals surface area contributed by atoms with Crippen molar-refractivity contribution in [2.75, 3.05) is 39.9 Å². The molecule has 23 heavy (non-hydrogen) atoms. The van der Waals surface area contributed by atoms with E-state index in [2.05, 4.69) is 10.2 Å². The molecule has 2 aliphatic rings. The van der Waals surface area contributed by atoms with Gasteiger partial charge < -0.3 is 15.0 Å². The number of hydrogen-bond acceptors (Lipinski definition) is 3. The molecule has 2 fully saturated rings. The van der Waals surface area contributed by atoms with Crippen LogP contribution in [0.1, 0.15) is 24.8 Å². The number of nitrogens with zero attached hydrogens (tertiary/aromatic N) is 1. The molecule has 1 aromatic rings. The van der Waals surface area contributed by atoms with Gasteiger partial charge in [0.15, 0.2) is 0 Å². The maximum Gasteiger partial charge on any atom is 0.230 e. The highest BCUT2D eigenvalue weighted by atomic mass is 19.1. The van der Waals surface area contributed by atoms with Crippen molar-refractivity contribution in [1.82, 2.24) is 10.2 Å². The number of nitrogens with one attached hydrogen (secondary N) is 1. The highest BCUT2D eigenvalue weighted by Crippen LogP contribution is 2.48. The number of rotatable bonds is 7. The molecule has 1 heterocycles. The van der Waals surface area contributed by atoms with Crippen molar-refractivity contribution in [2.45, 2.75) is 24.7 Å². The molecule has 1 aliphatic carbocycles. The number of ether oxygens (including phenoxy) is 1. The van der Waals surface area contributed by atoms with Crippen LogP contribution in [0.2, 0.25) is 0 Å². The molecule has 0 bridgehead atoms. The molecule has 1 unspecified atom stereocenters. The fraction of sp³-hybridized carbons (Fsp3) is 0.611. The Hall–Kier alpha value is -1.46. The van der Waals surface area contributed by atoms with E-state index in [1.54, 1.807) is 19.2 Å². The predicted molar refractivity (Wildman–Crippen MR) is 86.7 cm³/mol. The molecular formula is C18H25FN2O2. The van der Waals surface area contributed by atoms with Crippen molar-refractivity contribution in [1.29, 1.82) is 0 Å². The monoisotopic (exact) mass is 320 g/mol. The molecule has 0 spiro atoms. The minimum Gasteiger partial charge on any atom is -0.383 e. The topological polar surface area (TPSA) is 41.6 Å². The van der Waals surface area contributed by atoms with Crippen molar-refractivity contribution < 1.29 is 13.9 Å². The number of halogens is 1. The maximum absolute atomic E-state index is 13.1. The third kappa shape index (κ3) is 3.72. The van der Waals surface area contributed by atoms with Gasteiger partial charge in [-0.1, -0.05) is 12.1 Å². The Morgan fingerprint density at radius 2 is 2.13 bits per heavy atom. The molecule has 0 aromatic heterocycles. The molecule has 1 amide bonds. The van der Waals surface area contributed by atoms with E-state index in [-0.39, 0.29) is 11.7 Å². The Labute approximate surface area is 137 Å². The average molecular weight is 320 g/mol. The second kappa shape index (κ2) is 6.97. The zero-order chi connectivity index (χ0) is 16.3. The van der Waals surface area contributed by atoms with Crippen molar-refractivity contribution in [3.05, 3.63) is 35.6 Å². The summed E-state index contributed by atoms with van der Waals surface area (Å²) in [5.41, 5.74) is 0.520. The third-order valence-corrected chi connectivity index (χ3v) is 5.11. The van der Waals surface area contributed by atoms with Crippen LogP contribution in [-0.4, -0.2) is 50.7 Å². The van der Waals surface area contributed by atoms with Crippen LogP contribution in [0, 0.1) is 11.7 Å². The Morgan fingerprint density at radius 3 is 2.78 bits per heavy atom. The van der Waals surface area contributed by atoms with Gasteiger partial charge in [0, 0.05) is 26.7 Å². The maximum atomic E-state index is 13.1. The van der Waals surface area contributed by atoms with E-state index in [0.29, 0.717) is 5.92 Å². The van der Waals surface area contributed by atoms with Gasteiger partial charge in [-0.15, -0.1) is 0 Å². The molecule has 1 aromatic carbocycles. The fourth-order valence-corrected chi connectivity index (χ4v) is 3.45. The largest absolute Gasteiger partial charge is 0.383 e. The van der Waals surface area contributed by atoms with Gasteiger partial charge in [0.2, 0.25) is 5.91 Å². The van der Waals surface area contributed by atoms with E-state index >= 15 is 0 Å². The van der Waals surface area contributed by atoms with Gasteiger partial charge in [0.1, 0.15) is 5.82 Å². The number of carbonyl (C=O) groups is 1. The highest BCUT2D eigenvalue weighted by molar-refractivity contribution is 5.91. The molecule has 1 saturated heterocycles. The number of amides is 1. The minimum absolute atomic E-state index is 0.0967. The summed E-state index contributed by atoms with van der Waals surface area (Å²) in [6.45, 7) is 4.54. The molecule has 0 radical (unpaired) electrons. The SMILES string of the molecule is COCCN1CCC(CNC(=O)C2(c3ccc(F)cc3)CC2)C1. The van der Waals surface area contributed by atoms with Crippen LogP contribution in [0.15, 0.2) is 24.3 Å². The van der Waals surface area contributed by atoms with E-state index in [4.69, 9.17) is 4.74 Å². The molecule has 1 saturated carbocycles. The van der Waals surface area contributed by atoms with Crippen LogP contribution in [-0.2, 0) is 14.9 Å². The lowest BCUT2D eigenvalue weighted by Crippen LogP contribution is -2.38. The second-order valence-corrected chi connectivity index (χ2v) is 6.75. The number of hydrogen-bond donors (Lipinski definition) is 1. The van der Waals surface area contributed by atoms with Crippen molar-refractivity contribution >= 4 is 5.91 Å². The third-order valence-electron chi connectivity index (χ3n) is 5.11. The zero-order valence-electron chi connectivity index (χ0n) is 13.7. The van der Waals surface area contributed by atoms with Gasteiger partial charge in [-0.3, -0.25) is 4.79 Å². The molecule has 1 N–H and O–H groups in total. The summed E-state index contributed by atoms with van der Waals surface area (Å²) in [5.74, 6) is 0.353. The lowest BCUT2D eigenvalue weighted by molar-refractivity contribution is -0.123. The Kier molecular flexibility index (Phi) is 4.97. The minimum atomic E-state index is -0.415. The Morgan fingerprint density at radius 1 is 1.39 bits per heavy atom. The fourth-order valence-electron chi connectivity index (χ4n) is 3.45. The average Bonchev–Trinajstić information content (AvgIpc) is 3.25. The predicted octanol–water partition coefficient (Wildman–Crippen LogP) is 1.94.